The Bertz CT molecular complexity index is 840. The number of rotatable bonds is 5. The number of benzene rings is 1. The molecule has 0 spiro atoms. The highest BCUT2D eigenvalue weighted by molar-refractivity contribution is 6.08. The van der Waals surface area contributed by atoms with E-state index in [0.717, 1.165) is 11.3 Å². The van der Waals surface area contributed by atoms with Gasteiger partial charge in [0.2, 0.25) is 11.8 Å². The third-order valence-corrected chi connectivity index (χ3v) is 6.50. The molecule has 6 nitrogen and oxygen atoms in total. The number of Topliss-reactive ketones (excluding diaryl/α,β-unsaturated/α-hetero) is 1. The molecule has 3 fully saturated rings. The summed E-state index contributed by atoms with van der Waals surface area (Å²) < 4.78 is 5.02. The summed E-state index contributed by atoms with van der Waals surface area (Å²) >= 11 is 0. The van der Waals surface area contributed by atoms with Gasteiger partial charge in [0.25, 0.3) is 0 Å². The number of ether oxygens (including phenoxy) is 1. The summed E-state index contributed by atoms with van der Waals surface area (Å²) in [5.41, 5.74) is 0.450. The molecule has 0 unspecified atom stereocenters. The van der Waals surface area contributed by atoms with Gasteiger partial charge in [-0.15, -0.1) is 0 Å². The van der Waals surface area contributed by atoms with E-state index in [1.165, 1.54) is 0 Å². The minimum atomic E-state index is -0.731. The Morgan fingerprint density at radius 3 is 2.15 bits per heavy atom. The van der Waals surface area contributed by atoms with Crippen molar-refractivity contribution in [2.24, 2.45) is 35.5 Å². The number of hydrogen-bond donors (Lipinski definition) is 0. The van der Waals surface area contributed by atoms with Crippen molar-refractivity contribution in [1.82, 2.24) is 4.90 Å². The van der Waals surface area contributed by atoms with E-state index in [1.54, 1.807) is 30.3 Å². The molecule has 1 aromatic rings. The maximum atomic E-state index is 12.8. The summed E-state index contributed by atoms with van der Waals surface area (Å²) in [5, 5.41) is 0. The van der Waals surface area contributed by atoms with Gasteiger partial charge >= 0.3 is 5.97 Å². The number of amides is 2. The summed E-state index contributed by atoms with van der Waals surface area (Å²) in [6, 6.07) is 8.53. The second-order valence-corrected chi connectivity index (χ2v) is 7.87. The number of carbonyl (C=O) groups excluding carboxylic acids is 4. The molecule has 6 heteroatoms. The van der Waals surface area contributed by atoms with Crippen LogP contribution in [0.4, 0.5) is 0 Å². The average molecular weight is 365 g/mol. The third-order valence-electron chi connectivity index (χ3n) is 6.50. The number of allylic oxidation sites excluding steroid dienone is 2. The van der Waals surface area contributed by atoms with E-state index in [4.69, 9.17) is 4.74 Å². The summed E-state index contributed by atoms with van der Waals surface area (Å²) in [7, 11) is 0. The van der Waals surface area contributed by atoms with Gasteiger partial charge in [-0.2, -0.15) is 0 Å². The van der Waals surface area contributed by atoms with Gasteiger partial charge in [-0.3, -0.25) is 24.1 Å². The van der Waals surface area contributed by atoms with Gasteiger partial charge in [0.05, 0.1) is 11.8 Å². The molecule has 1 saturated heterocycles. The van der Waals surface area contributed by atoms with Crippen molar-refractivity contribution in [2.45, 2.75) is 6.42 Å². The lowest BCUT2D eigenvalue weighted by Gasteiger charge is -2.37. The molecular formula is C21H19NO5. The first-order chi connectivity index (χ1) is 13.1. The fraction of sp³-hybridized carbons (Fsp3) is 0.429. The predicted molar refractivity (Wildman–Crippen MR) is 93.1 cm³/mol. The maximum Gasteiger partial charge on any atom is 0.326 e. The quantitative estimate of drug-likeness (QED) is 0.342. The van der Waals surface area contributed by atoms with E-state index in [0.29, 0.717) is 17.4 Å². The molecule has 2 amide bonds. The zero-order valence-corrected chi connectivity index (χ0v) is 14.6. The average Bonchev–Trinajstić information content (AvgIpc) is 3.48. The van der Waals surface area contributed by atoms with Crippen molar-refractivity contribution in [3.63, 3.8) is 0 Å². The summed E-state index contributed by atoms with van der Waals surface area (Å²) in [4.78, 5) is 50.8. The van der Waals surface area contributed by atoms with Gasteiger partial charge in [-0.05, 0) is 30.1 Å². The summed E-state index contributed by atoms with van der Waals surface area (Å²) in [6.07, 6.45) is 5.27. The lowest BCUT2D eigenvalue weighted by molar-refractivity contribution is -0.152. The number of carbonyl (C=O) groups is 4. The van der Waals surface area contributed by atoms with Crippen LogP contribution in [-0.4, -0.2) is 41.6 Å². The Hall–Kier alpha value is -2.76. The molecule has 0 N–H and O–H groups in total. The highest BCUT2D eigenvalue weighted by atomic mass is 16.5. The highest BCUT2D eigenvalue weighted by Gasteiger charge is 2.67. The minimum absolute atomic E-state index is 0.127. The van der Waals surface area contributed by atoms with Crippen molar-refractivity contribution in [1.29, 1.82) is 0 Å². The molecule has 1 heterocycles. The molecule has 6 rings (SSSR count). The first-order valence-corrected chi connectivity index (χ1v) is 9.33. The van der Waals surface area contributed by atoms with Crippen LogP contribution in [0.2, 0.25) is 0 Å². The van der Waals surface area contributed by atoms with Crippen molar-refractivity contribution in [3.05, 3.63) is 48.0 Å². The van der Waals surface area contributed by atoms with Gasteiger partial charge in [0.15, 0.2) is 12.4 Å². The van der Waals surface area contributed by atoms with Gasteiger partial charge in [-0.25, -0.2) is 0 Å². The highest BCUT2D eigenvalue weighted by Crippen LogP contribution is 2.65. The normalized spacial score (nSPS) is 35.0. The molecule has 2 saturated carbocycles. The summed E-state index contributed by atoms with van der Waals surface area (Å²) in [5.74, 6) is -0.928. The largest absolute Gasteiger partial charge is 0.456 e. The van der Waals surface area contributed by atoms with Gasteiger partial charge < -0.3 is 4.74 Å². The number of imide groups is 1. The number of esters is 1. The van der Waals surface area contributed by atoms with Crippen LogP contribution in [0.15, 0.2) is 42.5 Å². The van der Waals surface area contributed by atoms with Crippen LogP contribution in [0, 0.1) is 35.5 Å². The van der Waals surface area contributed by atoms with Crippen LogP contribution in [0.3, 0.4) is 0 Å². The number of ketones is 1. The monoisotopic (exact) mass is 365 g/mol. The van der Waals surface area contributed by atoms with Crippen molar-refractivity contribution in [3.8, 4) is 0 Å². The predicted octanol–water partition coefficient (Wildman–Crippen LogP) is 1.47. The Morgan fingerprint density at radius 1 is 0.963 bits per heavy atom. The van der Waals surface area contributed by atoms with E-state index >= 15 is 0 Å². The topological polar surface area (TPSA) is 80.8 Å². The van der Waals surface area contributed by atoms with E-state index in [2.05, 4.69) is 12.2 Å². The third kappa shape index (κ3) is 2.46. The fourth-order valence-electron chi connectivity index (χ4n) is 5.20. The van der Waals surface area contributed by atoms with Crippen molar-refractivity contribution >= 4 is 23.6 Å². The first kappa shape index (κ1) is 16.4. The molecule has 2 bridgehead atoms. The van der Waals surface area contributed by atoms with Crippen LogP contribution in [0.25, 0.3) is 0 Å². The Balaban J connectivity index is 1.23. The minimum Gasteiger partial charge on any atom is -0.456 e. The van der Waals surface area contributed by atoms with Crippen LogP contribution in [0.1, 0.15) is 16.8 Å². The Kier molecular flexibility index (Phi) is 3.57. The standard InChI is InChI=1S/C21H19NO5/c23-16(11-4-2-1-3-5-11)10-27-17(24)9-22-20(25)18-12-6-7-13(15-8-14(12)15)19(18)21(22)26/h1-7,12-15,18-19H,8-10H2/t12-,13-,14-,15+,18+,19+/m1/s1. The van der Waals surface area contributed by atoms with E-state index in [-0.39, 0.29) is 41.3 Å². The SMILES string of the molecule is O=C(CN1C(=O)[C@H]2[C@@H]3C=C[C@H]([C@@H]4C[C@H]34)[C@@H]2C1=O)OCC(=O)c1ccccc1. The number of nitrogens with zero attached hydrogens (tertiary/aromatic N) is 1. The Morgan fingerprint density at radius 2 is 1.56 bits per heavy atom. The molecule has 0 radical (unpaired) electrons. The van der Waals surface area contributed by atoms with Gasteiger partial charge in [-0.1, -0.05) is 42.5 Å². The number of hydrogen-bond acceptors (Lipinski definition) is 5. The van der Waals surface area contributed by atoms with E-state index < -0.39 is 19.1 Å². The molecule has 138 valence electrons. The zero-order chi connectivity index (χ0) is 18.7. The zero-order valence-electron chi connectivity index (χ0n) is 14.6. The van der Waals surface area contributed by atoms with Crippen LogP contribution < -0.4 is 0 Å². The van der Waals surface area contributed by atoms with E-state index in [1.807, 2.05) is 0 Å². The molecule has 1 aliphatic heterocycles. The maximum absolute atomic E-state index is 12.8. The molecule has 4 aliphatic carbocycles. The van der Waals surface area contributed by atoms with Crippen LogP contribution in [-0.2, 0) is 19.1 Å². The van der Waals surface area contributed by atoms with Crippen LogP contribution >= 0.6 is 0 Å². The lowest BCUT2D eigenvalue weighted by Crippen LogP contribution is -2.40. The van der Waals surface area contributed by atoms with Crippen molar-refractivity contribution < 1.29 is 23.9 Å². The van der Waals surface area contributed by atoms with E-state index in [9.17, 15) is 19.2 Å². The van der Waals surface area contributed by atoms with Crippen molar-refractivity contribution in [2.75, 3.05) is 13.2 Å². The number of likely N-dealkylation sites (tertiary alicyclic amines) is 1. The van der Waals surface area contributed by atoms with Crippen LogP contribution in [0.5, 0.6) is 0 Å². The first-order valence-electron chi connectivity index (χ1n) is 9.33. The molecule has 5 aliphatic rings. The molecule has 0 aromatic heterocycles. The lowest BCUT2D eigenvalue weighted by atomic mass is 9.63. The second kappa shape index (κ2) is 5.87. The summed E-state index contributed by atoms with van der Waals surface area (Å²) in [6.45, 7) is -0.815. The molecular weight excluding hydrogens is 346 g/mol. The Labute approximate surface area is 156 Å². The smallest absolute Gasteiger partial charge is 0.326 e. The second-order valence-electron chi connectivity index (χ2n) is 7.87. The molecule has 1 aromatic carbocycles. The molecule has 27 heavy (non-hydrogen) atoms. The molecule has 6 atom stereocenters. The van der Waals surface area contributed by atoms with Gasteiger partial charge in [0, 0.05) is 5.56 Å². The fourth-order valence-corrected chi connectivity index (χ4v) is 5.20. The van der Waals surface area contributed by atoms with Gasteiger partial charge in [0.1, 0.15) is 6.54 Å².